The summed E-state index contributed by atoms with van der Waals surface area (Å²) in [5.74, 6) is 0.00189. The van der Waals surface area contributed by atoms with Crippen LogP contribution in [0.1, 0.15) is 51.4 Å². The molecule has 1 atom stereocenters. The molecule has 1 aromatic carbocycles. The summed E-state index contributed by atoms with van der Waals surface area (Å²) in [5, 5.41) is 2.79. The molecule has 0 bridgehead atoms. The number of benzene rings is 1. The number of esters is 1. The van der Waals surface area contributed by atoms with E-state index in [2.05, 4.69) is 5.32 Å². The Morgan fingerprint density at radius 1 is 1.24 bits per heavy atom. The molecule has 0 radical (unpaired) electrons. The van der Waals surface area contributed by atoms with E-state index in [4.69, 9.17) is 14.2 Å². The van der Waals surface area contributed by atoms with Gasteiger partial charge in [0.2, 0.25) is 0 Å². The zero-order valence-corrected chi connectivity index (χ0v) is 16.0. The highest BCUT2D eigenvalue weighted by Crippen LogP contribution is 2.26. The lowest BCUT2D eigenvalue weighted by atomic mass is 10.0. The third kappa shape index (κ3) is 5.74. The van der Waals surface area contributed by atoms with Crippen LogP contribution in [0, 0.1) is 5.92 Å². The van der Waals surface area contributed by atoms with E-state index in [1.165, 1.54) is 7.11 Å². The van der Waals surface area contributed by atoms with Gasteiger partial charge in [-0.15, -0.1) is 0 Å². The molecule has 0 heterocycles. The van der Waals surface area contributed by atoms with Gasteiger partial charge in [0.1, 0.15) is 16.9 Å². The van der Waals surface area contributed by atoms with Crippen molar-refractivity contribution in [1.82, 2.24) is 0 Å². The second-order valence-electron chi connectivity index (χ2n) is 6.38. The molecule has 6 nitrogen and oxygen atoms in total. The van der Waals surface area contributed by atoms with E-state index in [0.717, 1.165) is 0 Å². The summed E-state index contributed by atoms with van der Waals surface area (Å²) < 4.78 is 16.1. The van der Waals surface area contributed by atoms with Gasteiger partial charge in [0, 0.05) is 12.8 Å². The van der Waals surface area contributed by atoms with E-state index >= 15 is 0 Å². The summed E-state index contributed by atoms with van der Waals surface area (Å²) in [6, 6.07) is 4.93. The monoisotopic (exact) mass is 351 g/mol. The number of rotatable bonds is 9. The van der Waals surface area contributed by atoms with Gasteiger partial charge in [-0.1, -0.05) is 20.8 Å². The van der Waals surface area contributed by atoms with Crippen LogP contribution < -0.4 is 10.1 Å². The van der Waals surface area contributed by atoms with Crippen LogP contribution in [0.2, 0.25) is 0 Å². The first kappa shape index (κ1) is 21.0. The van der Waals surface area contributed by atoms with Gasteiger partial charge in [0.05, 0.1) is 13.2 Å². The maximum absolute atomic E-state index is 12.4. The summed E-state index contributed by atoms with van der Waals surface area (Å²) in [6.07, 6.45) is 0.523. The fraction of sp³-hybridized carbons (Fsp3) is 0.579. The van der Waals surface area contributed by atoms with Crippen molar-refractivity contribution >= 4 is 17.6 Å². The Hall–Kier alpha value is -2.08. The van der Waals surface area contributed by atoms with E-state index in [1.807, 2.05) is 20.8 Å². The van der Waals surface area contributed by atoms with Crippen molar-refractivity contribution in [2.45, 2.75) is 46.6 Å². The Labute approximate surface area is 149 Å². The van der Waals surface area contributed by atoms with Gasteiger partial charge in [0.25, 0.3) is 5.91 Å². The highest BCUT2D eigenvalue weighted by molar-refractivity contribution is 5.99. The van der Waals surface area contributed by atoms with Crippen LogP contribution in [-0.4, -0.2) is 37.8 Å². The lowest BCUT2D eigenvalue weighted by molar-refractivity contribution is -0.136. The fourth-order valence-corrected chi connectivity index (χ4v) is 2.02. The van der Waals surface area contributed by atoms with Crippen LogP contribution >= 0.6 is 0 Å². The first-order valence-electron chi connectivity index (χ1n) is 8.57. The maximum atomic E-state index is 12.4. The van der Waals surface area contributed by atoms with Gasteiger partial charge in [-0.25, -0.2) is 4.79 Å². The molecule has 1 N–H and O–H groups in total. The molecule has 0 saturated heterocycles. The molecule has 0 unspecified atom stereocenters. The van der Waals surface area contributed by atoms with Crippen LogP contribution in [-0.2, 0) is 14.3 Å². The highest BCUT2D eigenvalue weighted by Gasteiger charge is 2.31. The summed E-state index contributed by atoms with van der Waals surface area (Å²) in [7, 11) is 1.50. The number of carbonyl (C=O) groups is 2. The number of methoxy groups -OCH3 is 1. The largest absolute Gasteiger partial charge is 0.492 e. The number of amides is 1. The Morgan fingerprint density at radius 2 is 1.92 bits per heavy atom. The van der Waals surface area contributed by atoms with Crippen molar-refractivity contribution in [1.29, 1.82) is 0 Å². The molecular weight excluding hydrogens is 322 g/mol. The predicted molar refractivity (Wildman–Crippen MR) is 97.1 cm³/mol. The van der Waals surface area contributed by atoms with E-state index in [1.54, 1.807) is 32.0 Å². The average Bonchev–Trinajstić information content (AvgIpc) is 2.59. The van der Waals surface area contributed by atoms with Gasteiger partial charge in [0.15, 0.2) is 0 Å². The molecule has 0 aromatic heterocycles. The summed E-state index contributed by atoms with van der Waals surface area (Å²) >= 11 is 0. The Balaban J connectivity index is 3.08. The van der Waals surface area contributed by atoms with Crippen molar-refractivity contribution in [3.8, 4) is 5.75 Å². The minimum absolute atomic E-state index is 0.261. The van der Waals surface area contributed by atoms with Crippen molar-refractivity contribution in [2.24, 2.45) is 5.92 Å². The van der Waals surface area contributed by atoms with Gasteiger partial charge in [-0.2, -0.15) is 0 Å². The first-order valence-corrected chi connectivity index (χ1v) is 8.57. The van der Waals surface area contributed by atoms with Gasteiger partial charge >= 0.3 is 5.97 Å². The van der Waals surface area contributed by atoms with Crippen molar-refractivity contribution < 1.29 is 23.8 Å². The van der Waals surface area contributed by atoms with Crippen LogP contribution in [0.3, 0.4) is 0 Å². The summed E-state index contributed by atoms with van der Waals surface area (Å²) in [6.45, 7) is 10.1. The second-order valence-corrected chi connectivity index (χ2v) is 6.38. The molecule has 0 saturated carbocycles. The number of carbonyl (C=O) groups excluding carboxylic acids is 2. The first-order chi connectivity index (χ1) is 11.8. The smallest absolute Gasteiger partial charge is 0.341 e. The SMILES string of the molecule is CCOC(=O)c1cc(NC(=O)[C@@](C)(CC)OC)ccc1OCC(C)C. The second kappa shape index (κ2) is 9.42. The molecule has 0 aliphatic carbocycles. The lowest BCUT2D eigenvalue weighted by Crippen LogP contribution is -2.41. The minimum atomic E-state index is -0.934. The van der Waals surface area contributed by atoms with Gasteiger partial charge in [-0.05, 0) is 44.4 Å². The zero-order chi connectivity index (χ0) is 19.0. The number of anilines is 1. The number of ether oxygens (including phenoxy) is 3. The fourth-order valence-electron chi connectivity index (χ4n) is 2.02. The third-order valence-corrected chi connectivity index (χ3v) is 3.91. The molecule has 140 valence electrons. The van der Waals surface area contributed by atoms with Crippen LogP contribution in [0.15, 0.2) is 18.2 Å². The normalized spacial score (nSPS) is 13.2. The molecule has 1 amide bonds. The quantitative estimate of drug-likeness (QED) is 0.688. The van der Waals surface area contributed by atoms with Gasteiger partial charge in [-0.3, -0.25) is 4.79 Å². The molecule has 0 spiro atoms. The predicted octanol–water partition coefficient (Wildman–Crippen LogP) is 3.65. The van der Waals surface area contributed by atoms with Crippen molar-refractivity contribution in [3.05, 3.63) is 23.8 Å². The van der Waals surface area contributed by atoms with Crippen molar-refractivity contribution in [3.63, 3.8) is 0 Å². The highest BCUT2D eigenvalue weighted by atomic mass is 16.5. The molecule has 25 heavy (non-hydrogen) atoms. The number of hydrogen-bond acceptors (Lipinski definition) is 5. The third-order valence-electron chi connectivity index (χ3n) is 3.91. The molecule has 1 aromatic rings. The zero-order valence-electron chi connectivity index (χ0n) is 16.0. The standard InChI is InChI=1S/C19H29NO5/c1-7-19(5,23-6)18(22)20-14-9-10-16(25-12-13(3)4)15(11-14)17(21)24-8-2/h9-11,13H,7-8,12H2,1-6H3,(H,20,22)/t19-/m1/s1. The van der Waals surface area contributed by atoms with E-state index in [-0.39, 0.29) is 18.1 Å². The topological polar surface area (TPSA) is 73.9 Å². The van der Waals surface area contributed by atoms with Crippen LogP contribution in [0.5, 0.6) is 5.75 Å². The van der Waals surface area contributed by atoms with Crippen LogP contribution in [0.4, 0.5) is 5.69 Å². The molecular formula is C19H29NO5. The minimum Gasteiger partial charge on any atom is -0.492 e. The van der Waals surface area contributed by atoms with Crippen LogP contribution in [0.25, 0.3) is 0 Å². The molecule has 0 fully saturated rings. The average molecular weight is 351 g/mol. The summed E-state index contributed by atoms with van der Waals surface area (Å²) in [4.78, 5) is 24.6. The van der Waals surface area contributed by atoms with E-state index in [9.17, 15) is 9.59 Å². The molecule has 0 aliphatic rings. The maximum Gasteiger partial charge on any atom is 0.341 e. The lowest BCUT2D eigenvalue weighted by Gasteiger charge is -2.25. The molecule has 0 aliphatic heterocycles. The number of nitrogens with one attached hydrogen (secondary N) is 1. The molecule has 1 rings (SSSR count). The summed E-state index contributed by atoms with van der Waals surface area (Å²) in [5.41, 5.74) is -0.158. The Kier molecular flexibility index (Phi) is 7.90. The molecule has 6 heteroatoms. The number of hydrogen-bond donors (Lipinski definition) is 1. The Morgan fingerprint density at radius 3 is 2.44 bits per heavy atom. The van der Waals surface area contributed by atoms with Crippen molar-refractivity contribution in [2.75, 3.05) is 25.6 Å². The van der Waals surface area contributed by atoms with Gasteiger partial charge < -0.3 is 19.5 Å². The van der Waals surface area contributed by atoms with E-state index in [0.29, 0.717) is 30.4 Å². The van der Waals surface area contributed by atoms with E-state index < -0.39 is 11.6 Å². The Bertz CT molecular complexity index is 593.